The molecule has 0 aromatic carbocycles. The summed E-state index contributed by atoms with van der Waals surface area (Å²) in [5, 5.41) is 8.94. The zero-order valence-corrected chi connectivity index (χ0v) is 7.90. The Morgan fingerprint density at radius 2 is 2.15 bits per heavy atom. The van der Waals surface area contributed by atoms with E-state index in [-0.39, 0.29) is 5.92 Å². The molecule has 1 heterocycles. The number of nitriles is 1. The Morgan fingerprint density at radius 3 is 2.69 bits per heavy atom. The maximum Gasteiger partial charge on any atom is 0.0713 e. The predicted octanol–water partition coefficient (Wildman–Crippen LogP) is 2.88. The maximum absolute atomic E-state index is 8.94. The highest BCUT2D eigenvalue weighted by Gasteiger charge is 2.08. The van der Waals surface area contributed by atoms with Crippen LogP contribution in [0, 0.1) is 11.3 Å². The number of rotatable bonds is 4. The van der Waals surface area contributed by atoms with E-state index in [1.807, 2.05) is 12.1 Å². The molecule has 13 heavy (non-hydrogen) atoms. The zero-order valence-electron chi connectivity index (χ0n) is 7.90. The highest BCUT2D eigenvalue weighted by atomic mass is 14.6. The second-order valence-electron chi connectivity index (χ2n) is 3.10. The molecule has 0 saturated heterocycles. The molecular weight excluding hydrogens is 160 g/mol. The first kappa shape index (κ1) is 9.73. The Hall–Kier alpha value is -1.36. The van der Waals surface area contributed by atoms with Crippen LogP contribution in [0.2, 0.25) is 0 Å². The molecule has 0 bridgehead atoms. The van der Waals surface area contributed by atoms with E-state index in [9.17, 15) is 0 Å². The van der Waals surface area contributed by atoms with Gasteiger partial charge in [0.25, 0.3) is 0 Å². The van der Waals surface area contributed by atoms with Crippen LogP contribution in [-0.4, -0.2) is 4.98 Å². The van der Waals surface area contributed by atoms with Crippen LogP contribution in [0.3, 0.4) is 0 Å². The molecule has 0 radical (unpaired) electrons. The van der Waals surface area contributed by atoms with Crippen molar-refractivity contribution < 1.29 is 0 Å². The van der Waals surface area contributed by atoms with E-state index in [2.05, 4.69) is 18.0 Å². The van der Waals surface area contributed by atoms with Gasteiger partial charge in [-0.15, -0.1) is 0 Å². The third-order valence-corrected chi connectivity index (χ3v) is 2.11. The number of aromatic nitrogens is 1. The van der Waals surface area contributed by atoms with Gasteiger partial charge >= 0.3 is 0 Å². The number of hydrogen-bond donors (Lipinski definition) is 0. The lowest BCUT2D eigenvalue weighted by Crippen LogP contribution is -1.95. The summed E-state index contributed by atoms with van der Waals surface area (Å²) < 4.78 is 0. The molecule has 0 aliphatic carbocycles. The molecule has 1 atom stereocenters. The SMILES string of the molecule is CCCCC(C#N)c1ccncc1. The van der Waals surface area contributed by atoms with E-state index >= 15 is 0 Å². The first-order chi connectivity index (χ1) is 6.38. The van der Waals surface area contributed by atoms with Crippen molar-refractivity contribution in [3.63, 3.8) is 0 Å². The van der Waals surface area contributed by atoms with E-state index in [0.717, 1.165) is 24.8 Å². The van der Waals surface area contributed by atoms with Crippen LogP contribution < -0.4 is 0 Å². The van der Waals surface area contributed by atoms with E-state index in [0.29, 0.717) is 0 Å². The molecule has 0 spiro atoms. The summed E-state index contributed by atoms with van der Waals surface area (Å²) in [5.74, 6) is 0.0444. The highest BCUT2D eigenvalue weighted by molar-refractivity contribution is 5.21. The summed E-state index contributed by atoms with van der Waals surface area (Å²) in [5.41, 5.74) is 1.09. The third kappa shape index (κ3) is 2.87. The van der Waals surface area contributed by atoms with Crippen molar-refractivity contribution in [1.82, 2.24) is 4.98 Å². The van der Waals surface area contributed by atoms with Crippen LogP contribution in [0.5, 0.6) is 0 Å². The summed E-state index contributed by atoms with van der Waals surface area (Å²) in [6, 6.07) is 6.17. The second kappa shape index (κ2) is 5.31. The van der Waals surface area contributed by atoms with Gasteiger partial charge in [-0.2, -0.15) is 5.26 Å². The summed E-state index contributed by atoms with van der Waals surface area (Å²) in [6.07, 6.45) is 6.69. The standard InChI is InChI=1S/C11H14N2/c1-2-3-4-11(9-12)10-5-7-13-8-6-10/h5-8,11H,2-4H2,1H3. The van der Waals surface area contributed by atoms with Gasteiger partial charge in [0.2, 0.25) is 0 Å². The zero-order chi connectivity index (χ0) is 9.52. The van der Waals surface area contributed by atoms with Crippen LogP contribution in [0.15, 0.2) is 24.5 Å². The number of hydrogen-bond acceptors (Lipinski definition) is 2. The van der Waals surface area contributed by atoms with Crippen molar-refractivity contribution in [2.75, 3.05) is 0 Å². The van der Waals surface area contributed by atoms with Crippen LogP contribution in [0.25, 0.3) is 0 Å². The van der Waals surface area contributed by atoms with Crippen molar-refractivity contribution in [3.8, 4) is 6.07 Å². The summed E-state index contributed by atoms with van der Waals surface area (Å²) >= 11 is 0. The summed E-state index contributed by atoms with van der Waals surface area (Å²) in [6.45, 7) is 2.14. The van der Waals surface area contributed by atoms with Gasteiger partial charge in [-0.1, -0.05) is 19.8 Å². The molecular formula is C11H14N2. The fourth-order valence-electron chi connectivity index (χ4n) is 1.31. The van der Waals surface area contributed by atoms with Crippen LogP contribution in [0.1, 0.15) is 37.7 Å². The van der Waals surface area contributed by atoms with Crippen LogP contribution >= 0.6 is 0 Å². The van der Waals surface area contributed by atoms with Crippen molar-refractivity contribution in [1.29, 1.82) is 5.26 Å². The lowest BCUT2D eigenvalue weighted by Gasteiger charge is -2.07. The Bertz CT molecular complexity index is 274. The molecule has 0 amide bonds. The molecule has 0 saturated carbocycles. The van der Waals surface area contributed by atoms with E-state index < -0.39 is 0 Å². The molecule has 0 N–H and O–H groups in total. The molecule has 2 nitrogen and oxygen atoms in total. The maximum atomic E-state index is 8.94. The van der Waals surface area contributed by atoms with Crippen LogP contribution in [-0.2, 0) is 0 Å². The van der Waals surface area contributed by atoms with Crippen molar-refractivity contribution in [2.45, 2.75) is 32.1 Å². The predicted molar refractivity (Wildman–Crippen MR) is 52.1 cm³/mol. The van der Waals surface area contributed by atoms with Crippen molar-refractivity contribution >= 4 is 0 Å². The lowest BCUT2D eigenvalue weighted by molar-refractivity contribution is 0.670. The fraction of sp³-hybridized carbons (Fsp3) is 0.455. The van der Waals surface area contributed by atoms with E-state index in [1.165, 1.54) is 0 Å². The summed E-state index contributed by atoms with van der Waals surface area (Å²) in [7, 11) is 0. The van der Waals surface area contributed by atoms with Gasteiger partial charge in [0.15, 0.2) is 0 Å². The molecule has 2 heteroatoms. The van der Waals surface area contributed by atoms with Gasteiger partial charge in [0.05, 0.1) is 12.0 Å². The van der Waals surface area contributed by atoms with Gasteiger partial charge in [0.1, 0.15) is 0 Å². The minimum absolute atomic E-state index is 0.0444. The average Bonchev–Trinajstić information content (AvgIpc) is 2.21. The van der Waals surface area contributed by atoms with E-state index in [4.69, 9.17) is 5.26 Å². The quantitative estimate of drug-likeness (QED) is 0.703. The Labute approximate surface area is 79.2 Å². The van der Waals surface area contributed by atoms with Crippen molar-refractivity contribution in [2.24, 2.45) is 0 Å². The molecule has 1 aromatic heterocycles. The average molecular weight is 174 g/mol. The first-order valence-electron chi connectivity index (χ1n) is 4.68. The van der Waals surface area contributed by atoms with Gasteiger partial charge < -0.3 is 0 Å². The number of nitrogens with zero attached hydrogens (tertiary/aromatic N) is 2. The second-order valence-corrected chi connectivity index (χ2v) is 3.10. The summed E-state index contributed by atoms with van der Waals surface area (Å²) in [4.78, 5) is 3.93. The topological polar surface area (TPSA) is 36.7 Å². The van der Waals surface area contributed by atoms with Gasteiger partial charge in [-0.05, 0) is 24.1 Å². The lowest BCUT2D eigenvalue weighted by atomic mass is 9.96. The molecule has 0 fully saturated rings. The molecule has 1 unspecified atom stereocenters. The smallest absolute Gasteiger partial charge is 0.0713 e. The van der Waals surface area contributed by atoms with Gasteiger partial charge in [-0.3, -0.25) is 4.98 Å². The molecule has 0 aliphatic heterocycles. The third-order valence-electron chi connectivity index (χ3n) is 2.11. The largest absolute Gasteiger partial charge is 0.265 e. The van der Waals surface area contributed by atoms with Gasteiger partial charge in [0, 0.05) is 12.4 Å². The first-order valence-corrected chi connectivity index (χ1v) is 4.68. The van der Waals surface area contributed by atoms with E-state index in [1.54, 1.807) is 12.4 Å². The molecule has 1 rings (SSSR count). The fourth-order valence-corrected chi connectivity index (χ4v) is 1.31. The number of unbranched alkanes of at least 4 members (excludes halogenated alkanes) is 1. The molecule has 68 valence electrons. The highest BCUT2D eigenvalue weighted by Crippen LogP contribution is 2.19. The van der Waals surface area contributed by atoms with Crippen LogP contribution in [0.4, 0.5) is 0 Å². The normalized spacial score (nSPS) is 12.0. The minimum Gasteiger partial charge on any atom is -0.265 e. The number of pyridine rings is 1. The Balaban J connectivity index is 2.63. The molecule has 1 aromatic rings. The Kier molecular flexibility index (Phi) is 3.98. The Morgan fingerprint density at radius 1 is 1.46 bits per heavy atom. The minimum atomic E-state index is 0.0444. The van der Waals surface area contributed by atoms with Crippen molar-refractivity contribution in [3.05, 3.63) is 30.1 Å². The monoisotopic (exact) mass is 174 g/mol. The molecule has 0 aliphatic rings. The van der Waals surface area contributed by atoms with Gasteiger partial charge in [-0.25, -0.2) is 0 Å².